The molecule has 9 heavy (non-hydrogen) atoms. The zero-order valence-corrected chi connectivity index (χ0v) is 8.23. The van der Waals surface area contributed by atoms with Gasteiger partial charge in [0.2, 0.25) is 0 Å². The molecule has 0 radical (unpaired) electrons. The predicted octanol–water partition coefficient (Wildman–Crippen LogP) is -0.649. The van der Waals surface area contributed by atoms with E-state index in [1.807, 2.05) is 0 Å². The Morgan fingerprint density at radius 3 is 1.22 bits per heavy atom. The molecular weight excluding hydrogens is 176 g/mol. The van der Waals surface area contributed by atoms with Gasteiger partial charge in [-0.2, -0.15) is 0 Å². The van der Waals surface area contributed by atoms with Crippen LogP contribution in [-0.2, 0) is 35.0 Å². The molecule has 0 aliphatic carbocycles. The van der Waals surface area contributed by atoms with E-state index in [-0.39, 0.29) is 21.7 Å². The van der Waals surface area contributed by atoms with E-state index in [2.05, 4.69) is 13.3 Å². The third-order valence-corrected chi connectivity index (χ3v) is 2.32. The first kappa shape index (κ1) is 12.4. The fourth-order valence-electron chi connectivity index (χ4n) is 0.250. The molecule has 0 aromatic rings. The summed E-state index contributed by atoms with van der Waals surface area (Å²) >= 11 is 0. The van der Waals surface area contributed by atoms with Crippen LogP contribution in [0.2, 0.25) is 0 Å². The van der Waals surface area contributed by atoms with Crippen molar-refractivity contribution in [2.45, 2.75) is 0 Å². The van der Waals surface area contributed by atoms with Gasteiger partial charge in [0.1, 0.15) is 0 Å². The van der Waals surface area contributed by atoms with E-state index in [9.17, 15) is 0 Å². The van der Waals surface area contributed by atoms with Crippen LogP contribution in [-0.4, -0.2) is 35.2 Å². The number of hydrogen-bond donors (Lipinski definition) is 1. The van der Waals surface area contributed by atoms with Crippen LogP contribution in [0.25, 0.3) is 0 Å². The number of rotatable bonds is 3. The minimum absolute atomic E-state index is 0. The monoisotopic (exact) mass is 186 g/mol. The Bertz CT molecular complexity index is 58.6. The van der Waals surface area contributed by atoms with E-state index in [1.165, 1.54) is 21.3 Å². The summed E-state index contributed by atoms with van der Waals surface area (Å²) in [7, 11) is 0.826. The predicted molar refractivity (Wildman–Crippen MR) is 29.0 cm³/mol. The SMILES string of the molecule is CO[Si](O)(OC)OC.[Ti]. The fraction of sp³-hybridized carbons (Fsp3) is 1.00. The van der Waals surface area contributed by atoms with Gasteiger partial charge in [0.25, 0.3) is 0 Å². The summed E-state index contributed by atoms with van der Waals surface area (Å²) in [5.74, 6) is 0. The molecule has 0 atom stereocenters. The summed E-state index contributed by atoms with van der Waals surface area (Å²) in [5, 5.41) is 0. The molecule has 0 aromatic carbocycles. The molecule has 4 nitrogen and oxygen atoms in total. The van der Waals surface area contributed by atoms with Gasteiger partial charge in [-0.3, -0.25) is 0 Å². The Kier molecular flexibility index (Phi) is 7.67. The van der Waals surface area contributed by atoms with Gasteiger partial charge in [-0.05, 0) is 0 Å². The van der Waals surface area contributed by atoms with Crippen molar-refractivity contribution in [1.82, 2.24) is 0 Å². The molecule has 0 amide bonds. The van der Waals surface area contributed by atoms with Gasteiger partial charge in [0, 0.05) is 43.0 Å². The third-order valence-electron chi connectivity index (χ3n) is 0.774. The van der Waals surface area contributed by atoms with Crippen LogP contribution in [0.4, 0.5) is 0 Å². The van der Waals surface area contributed by atoms with E-state index in [4.69, 9.17) is 4.80 Å². The molecule has 1 N–H and O–H groups in total. The Labute approximate surface area is 70.5 Å². The molecule has 0 spiro atoms. The van der Waals surface area contributed by atoms with Gasteiger partial charge < -0.3 is 18.1 Å². The van der Waals surface area contributed by atoms with Crippen LogP contribution in [0.15, 0.2) is 0 Å². The second kappa shape index (κ2) is 5.55. The summed E-state index contributed by atoms with van der Waals surface area (Å²) in [5.41, 5.74) is 0. The normalized spacial score (nSPS) is 10.7. The summed E-state index contributed by atoms with van der Waals surface area (Å²) in [6, 6.07) is 0. The zero-order chi connectivity index (χ0) is 6.62. The van der Waals surface area contributed by atoms with Crippen molar-refractivity contribution in [1.29, 1.82) is 0 Å². The smallest absolute Gasteiger partial charge is 0.367 e. The van der Waals surface area contributed by atoms with Crippen molar-refractivity contribution in [2.24, 2.45) is 0 Å². The van der Waals surface area contributed by atoms with Gasteiger partial charge in [-0.25, -0.2) is 0 Å². The molecule has 0 aliphatic rings. The van der Waals surface area contributed by atoms with Crippen molar-refractivity contribution in [3.8, 4) is 0 Å². The summed E-state index contributed by atoms with van der Waals surface area (Å²) < 4.78 is 13.5. The van der Waals surface area contributed by atoms with Gasteiger partial charge >= 0.3 is 9.05 Å². The fourth-order valence-corrected chi connectivity index (χ4v) is 0.750. The van der Waals surface area contributed by atoms with Crippen LogP contribution >= 0.6 is 0 Å². The second-order valence-corrected chi connectivity index (χ2v) is 3.41. The first-order valence-electron chi connectivity index (χ1n) is 2.06. The zero-order valence-electron chi connectivity index (χ0n) is 5.67. The molecule has 54 valence electrons. The average Bonchev–Trinajstić information content (AvgIpc) is 1.87. The Hall–Kier alpha value is 0.771. The summed E-state index contributed by atoms with van der Waals surface area (Å²) in [6.45, 7) is 0. The molecule has 0 saturated heterocycles. The molecule has 0 aliphatic heterocycles. The Morgan fingerprint density at radius 2 is 1.22 bits per heavy atom. The van der Waals surface area contributed by atoms with E-state index in [0.717, 1.165) is 0 Å². The molecule has 6 heteroatoms. The third kappa shape index (κ3) is 4.21. The number of hydrogen-bond acceptors (Lipinski definition) is 4. The topological polar surface area (TPSA) is 47.9 Å². The van der Waals surface area contributed by atoms with Crippen molar-refractivity contribution >= 4 is 9.05 Å². The molecule has 0 bridgehead atoms. The van der Waals surface area contributed by atoms with E-state index in [0.29, 0.717) is 0 Å². The van der Waals surface area contributed by atoms with E-state index in [1.54, 1.807) is 0 Å². The Balaban J connectivity index is 0. The van der Waals surface area contributed by atoms with E-state index < -0.39 is 9.05 Å². The Morgan fingerprint density at radius 1 is 1.00 bits per heavy atom. The maximum atomic E-state index is 8.91. The maximum Gasteiger partial charge on any atom is 0.676 e. The van der Waals surface area contributed by atoms with E-state index >= 15 is 0 Å². The average molecular weight is 186 g/mol. The minimum Gasteiger partial charge on any atom is -0.367 e. The van der Waals surface area contributed by atoms with Gasteiger partial charge in [-0.15, -0.1) is 0 Å². The summed E-state index contributed by atoms with van der Waals surface area (Å²) in [6.07, 6.45) is 0. The minimum atomic E-state index is -3.17. The standard InChI is InChI=1S/C3H10O4Si.Ti/c1-5-8(4,6-2)7-3;/h4H,1-3H3;. The molecule has 0 aromatic heterocycles. The van der Waals surface area contributed by atoms with Crippen LogP contribution in [0.1, 0.15) is 0 Å². The van der Waals surface area contributed by atoms with Crippen LogP contribution in [0.5, 0.6) is 0 Å². The van der Waals surface area contributed by atoms with Crippen molar-refractivity contribution < 1.29 is 39.8 Å². The van der Waals surface area contributed by atoms with Crippen LogP contribution < -0.4 is 0 Å². The first-order valence-corrected chi connectivity index (χ1v) is 3.73. The van der Waals surface area contributed by atoms with Gasteiger partial charge in [0.15, 0.2) is 0 Å². The van der Waals surface area contributed by atoms with Crippen molar-refractivity contribution in [2.75, 3.05) is 21.3 Å². The van der Waals surface area contributed by atoms with Gasteiger partial charge in [-0.1, -0.05) is 0 Å². The molecule has 0 unspecified atom stereocenters. The first-order chi connectivity index (χ1) is 3.68. The van der Waals surface area contributed by atoms with Crippen LogP contribution in [0, 0.1) is 0 Å². The van der Waals surface area contributed by atoms with Gasteiger partial charge in [0.05, 0.1) is 0 Å². The largest absolute Gasteiger partial charge is 0.676 e. The van der Waals surface area contributed by atoms with Crippen molar-refractivity contribution in [3.63, 3.8) is 0 Å². The molecule has 0 fully saturated rings. The quantitative estimate of drug-likeness (QED) is 0.595. The maximum absolute atomic E-state index is 8.91. The van der Waals surface area contributed by atoms with Crippen molar-refractivity contribution in [3.05, 3.63) is 0 Å². The molecule has 0 rings (SSSR count). The van der Waals surface area contributed by atoms with Crippen LogP contribution in [0.3, 0.4) is 0 Å². The molecule has 0 saturated carbocycles. The second-order valence-electron chi connectivity index (χ2n) is 1.14. The summed E-state index contributed by atoms with van der Waals surface area (Å²) in [4.78, 5) is 8.91. The molecular formula is C3H10O4SiTi. The molecule has 0 heterocycles.